The molecule has 1 aromatic rings. The number of carbonyl (C=O) groups excluding carboxylic acids is 1. The van der Waals surface area contributed by atoms with Gasteiger partial charge in [0.25, 0.3) is 5.56 Å². The Morgan fingerprint density at radius 1 is 1.32 bits per heavy atom. The Morgan fingerprint density at radius 3 is 2.73 bits per heavy atom. The van der Waals surface area contributed by atoms with Crippen LogP contribution in [0.3, 0.4) is 0 Å². The summed E-state index contributed by atoms with van der Waals surface area (Å²) in [5.41, 5.74) is 0.851. The third kappa shape index (κ3) is 2.40. The first kappa shape index (κ1) is 14.8. The van der Waals surface area contributed by atoms with Crippen LogP contribution in [0.15, 0.2) is 29.1 Å². The second kappa shape index (κ2) is 4.93. The fraction of sp³-hybridized carbons (Fsp3) is 0.333. The van der Waals surface area contributed by atoms with E-state index in [2.05, 4.69) is 4.28 Å². The van der Waals surface area contributed by atoms with Crippen LogP contribution in [0.4, 0.5) is 4.79 Å². The Labute approximate surface area is 125 Å². The number of hydroxylamine groups is 2. The molecule has 0 N–H and O–H groups in total. The second-order valence-corrected chi connectivity index (χ2v) is 5.95. The SMILES string of the molecule is Cn1c(C2=CCN3CC2N(OS(=O)(=O)[O-])C3=O)cccc1=O. The van der Waals surface area contributed by atoms with Crippen LogP contribution in [0, 0.1) is 0 Å². The summed E-state index contributed by atoms with van der Waals surface area (Å²) >= 11 is 0. The standard InChI is InChI=1S/C12H13N3O6S/c1-13-9(3-2-4-11(13)16)8-5-6-14-7-10(8)15(12(14)17)21-22(18,19)20/h2-5,10H,6-7H2,1H3,(H,18,19,20)/p-1. The Balaban J connectivity index is 2.04. The molecule has 3 rings (SSSR count). The second-order valence-electron chi connectivity index (χ2n) is 4.98. The van der Waals surface area contributed by atoms with Crippen LogP contribution in [0.2, 0.25) is 0 Å². The van der Waals surface area contributed by atoms with Gasteiger partial charge in [0.05, 0.1) is 6.54 Å². The molecule has 0 saturated carbocycles. The monoisotopic (exact) mass is 326 g/mol. The van der Waals surface area contributed by atoms with Crippen LogP contribution in [0.25, 0.3) is 5.57 Å². The lowest BCUT2D eigenvalue weighted by Crippen LogP contribution is -2.37. The van der Waals surface area contributed by atoms with E-state index in [0.29, 0.717) is 16.3 Å². The molecule has 118 valence electrons. The van der Waals surface area contributed by atoms with E-state index in [1.807, 2.05) is 0 Å². The number of aromatic nitrogens is 1. The molecule has 10 heteroatoms. The summed E-state index contributed by atoms with van der Waals surface area (Å²) in [6.45, 7) is 0.426. The lowest BCUT2D eigenvalue weighted by atomic mass is 10.00. The summed E-state index contributed by atoms with van der Waals surface area (Å²) in [6, 6.07) is 3.16. The Morgan fingerprint density at radius 2 is 2.05 bits per heavy atom. The number of hydrogen-bond acceptors (Lipinski definition) is 6. The highest BCUT2D eigenvalue weighted by Gasteiger charge is 2.44. The smallest absolute Gasteiger partial charge is 0.346 e. The molecule has 0 radical (unpaired) electrons. The molecule has 1 aromatic heterocycles. The van der Waals surface area contributed by atoms with Crippen LogP contribution in [0.1, 0.15) is 5.69 Å². The molecule has 22 heavy (non-hydrogen) atoms. The highest BCUT2D eigenvalue weighted by atomic mass is 32.3. The normalized spacial score (nSPS) is 21.3. The highest BCUT2D eigenvalue weighted by molar-refractivity contribution is 7.80. The first-order chi connectivity index (χ1) is 10.3. The molecule has 9 nitrogen and oxygen atoms in total. The molecule has 2 aliphatic rings. The van der Waals surface area contributed by atoms with E-state index >= 15 is 0 Å². The zero-order chi connectivity index (χ0) is 16.1. The first-order valence-corrected chi connectivity index (χ1v) is 7.71. The number of pyridine rings is 1. The topological polar surface area (TPSA) is 112 Å². The van der Waals surface area contributed by atoms with Gasteiger partial charge in [-0.2, -0.15) is 9.35 Å². The van der Waals surface area contributed by atoms with Gasteiger partial charge in [0, 0.05) is 30.9 Å². The lowest BCUT2D eigenvalue weighted by molar-refractivity contribution is -0.0172. The molecule has 3 heterocycles. The van der Waals surface area contributed by atoms with Crippen molar-refractivity contribution >= 4 is 22.0 Å². The molecule has 2 amide bonds. The maximum atomic E-state index is 12.0. The number of carbonyl (C=O) groups is 1. The molecule has 1 atom stereocenters. The van der Waals surface area contributed by atoms with E-state index in [-0.39, 0.29) is 18.6 Å². The predicted molar refractivity (Wildman–Crippen MR) is 73.0 cm³/mol. The van der Waals surface area contributed by atoms with Crippen molar-refractivity contribution in [2.24, 2.45) is 7.05 Å². The zero-order valence-corrected chi connectivity index (χ0v) is 12.3. The summed E-state index contributed by atoms with van der Waals surface area (Å²) in [4.78, 5) is 25.1. The highest BCUT2D eigenvalue weighted by Crippen LogP contribution is 2.32. The molecule has 2 bridgehead atoms. The molecule has 1 saturated heterocycles. The largest absolute Gasteiger partial charge is 0.724 e. The number of fused-ring (bicyclic) bond motifs is 2. The van der Waals surface area contributed by atoms with E-state index < -0.39 is 22.5 Å². The molecule has 1 fully saturated rings. The number of urea groups is 1. The van der Waals surface area contributed by atoms with Crippen molar-refractivity contribution < 1.29 is 22.0 Å². The van der Waals surface area contributed by atoms with Crippen LogP contribution < -0.4 is 5.56 Å². The van der Waals surface area contributed by atoms with Gasteiger partial charge in [-0.3, -0.25) is 4.79 Å². The van der Waals surface area contributed by atoms with Crippen LogP contribution in [-0.2, 0) is 21.7 Å². The molecular formula is C12H12N3O6S-. The van der Waals surface area contributed by atoms with Crippen molar-refractivity contribution in [1.82, 2.24) is 14.5 Å². The summed E-state index contributed by atoms with van der Waals surface area (Å²) in [5.74, 6) is 0. The van der Waals surface area contributed by atoms with Crippen molar-refractivity contribution in [1.29, 1.82) is 0 Å². The number of nitrogens with zero attached hydrogens (tertiary/aromatic N) is 3. The third-order valence-electron chi connectivity index (χ3n) is 3.68. The summed E-state index contributed by atoms with van der Waals surface area (Å²) < 4.78 is 38.1. The lowest BCUT2D eigenvalue weighted by Gasteiger charge is -2.26. The molecule has 1 unspecified atom stereocenters. The Bertz CT molecular complexity index is 828. The van der Waals surface area contributed by atoms with E-state index in [1.165, 1.54) is 15.5 Å². The van der Waals surface area contributed by atoms with Gasteiger partial charge in [0.15, 0.2) is 0 Å². The van der Waals surface area contributed by atoms with Crippen molar-refractivity contribution in [3.8, 4) is 0 Å². The molecule has 0 aromatic carbocycles. The molecule has 2 aliphatic heterocycles. The predicted octanol–water partition coefficient (Wildman–Crippen LogP) is -0.720. The van der Waals surface area contributed by atoms with E-state index in [1.54, 1.807) is 25.3 Å². The van der Waals surface area contributed by atoms with Crippen LogP contribution in [0.5, 0.6) is 0 Å². The summed E-state index contributed by atoms with van der Waals surface area (Å²) in [7, 11) is -3.50. The van der Waals surface area contributed by atoms with Gasteiger partial charge in [-0.15, -0.1) is 0 Å². The van der Waals surface area contributed by atoms with Crippen LogP contribution >= 0.6 is 0 Å². The van der Waals surface area contributed by atoms with Gasteiger partial charge in [0.2, 0.25) is 10.4 Å². The van der Waals surface area contributed by atoms with Crippen molar-refractivity contribution in [3.63, 3.8) is 0 Å². The van der Waals surface area contributed by atoms with E-state index in [0.717, 1.165) is 0 Å². The molecule has 0 spiro atoms. The number of hydrogen-bond donors (Lipinski definition) is 0. The average Bonchev–Trinajstić information content (AvgIpc) is 2.67. The van der Waals surface area contributed by atoms with Gasteiger partial charge < -0.3 is 14.0 Å². The fourth-order valence-corrected chi connectivity index (χ4v) is 3.03. The maximum Gasteiger partial charge on any atom is 0.346 e. The minimum Gasteiger partial charge on any atom is -0.724 e. The van der Waals surface area contributed by atoms with Crippen molar-refractivity contribution in [3.05, 3.63) is 40.3 Å². The van der Waals surface area contributed by atoms with Crippen LogP contribution in [-0.4, -0.2) is 52.7 Å². The quantitative estimate of drug-likeness (QED) is 0.535. The van der Waals surface area contributed by atoms with Crippen molar-refractivity contribution in [2.45, 2.75) is 6.04 Å². The number of rotatable bonds is 3. The average molecular weight is 326 g/mol. The Hall–Kier alpha value is -2.17. The van der Waals surface area contributed by atoms with Crippen molar-refractivity contribution in [2.75, 3.05) is 13.1 Å². The Kier molecular flexibility index (Phi) is 3.31. The van der Waals surface area contributed by atoms with Gasteiger partial charge in [-0.05, 0) is 6.07 Å². The van der Waals surface area contributed by atoms with E-state index in [4.69, 9.17) is 0 Å². The van der Waals surface area contributed by atoms with Gasteiger partial charge in [-0.25, -0.2) is 13.2 Å². The summed E-state index contributed by atoms with van der Waals surface area (Å²) in [5, 5.41) is 0.554. The van der Waals surface area contributed by atoms with Gasteiger partial charge >= 0.3 is 6.03 Å². The minimum atomic E-state index is -5.07. The van der Waals surface area contributed by atoms with Gasteiger partial charge in [0.1, 0.15) is 6.04 Å². The zero-order valence-electron chi connectivity index (χ0n) is 11.5. The maximum absolute atomic E-state index is 12.0. The first-order valence-electron chi connectivity index (χ1n) is 6.38. The molecular weight excluding hydrogens is 314 g/mol. The number of amides is 2. The van der Waals surface area contributed by atoms with E-state index in [9.17, 15) is 22.6 Å². The summed E-state index contributed by atoms with van der Waals surface area (Å²) in [6.07, 6.45) is 1.71. The molecule has 0 aliphatic carbocycles. The third-order valence-corrected chi connectivity index (χ3v) is 4.02. The van der Waals surface area contributed by atoms with Gasteiger partial charge in [-0.1, -0.05) is 12.1 Å². The minimum absolute atomic E-state index is 0.184. The fourth-order valence-electron chi connectivity index (χ4n) is 2.67.